The molecule has 0 aromatic carbocycles. The van der Waals surface area contributed by atoms with E-state index in [9.17, 15) is 8.42 Å². The van der Waals surface area contributed by atoms with Gasteiger partial charge in [0, 0.05) is 6.04 Å². The van der Waals surface area contributed by atoms with E-state index in [0.717, 1.165) is 12.2 Å². The second kappa shape index (κ2) is 6.27. The maximum Gasteiger partial charge on any atom is 0.227 e. The number of thioether (sulfide) groups is 1. The third kappa shape index (κ3) is 4.84. The maximum atomic E-state index is 11.4. The van der Waals surface area contributed by atoms with Crippen LogP contribution in [-0.2, 0) is 10.0 Å². The molecule has 0 amide bonds. The topological polar surface area (TPSA) is 70.0 Å². The van der Waals surface area contributed by atoms with Crippen LogP contribution in [0.5, 0.6) is 0 Å². The first-order valence-corrected chi connectivity index (χ1v) is 7.27. The van der Waals surface area contributed by atoms with Gasteiger partial charge >= 0.3 is 0 Å². The van der Waals surface area contributed by atoms with Crippen LogP contribution >= 0.6 is 11.8 Å². The summed E-state index contributed by atoms with van der Waals surface area (Å²) in [5.41, 5.74) is 0. The van der Waals surface area contributed by atoms with Crippen molar-refractivity contribution in [2.75, 3.05) is 12.0 Å². The normalized spacial score (nSPS) is 15.9. The summed E-state index contributed by atoms with van der Waals surface area (Å²) in [6.45, 7) is 3.18. The SMILES string of the molecule is CSCCC(C)NS(=O)(=O)C(C)C#N. The first-order chi connectivity index (χ1) is 6.44. The van der Waals surface area contributed by atoms with Crippen molar-refractivity contribution in [2.45, 2.75) is 31.6 Å². The van der Waals surface area contributed by atoms with Gasteiger partial charge in [-0.05, 0) is 32.3 Å². The van der Waals surface area contributed by atoms with E-state index >= 15 is 0 Å². The largest absolute Gasteiger partial charge is 0.227 e. The number of hydrogen-bond acceptors (Lipinski definition) is 4. The van der Waals surface area contributed by atoms with Crippen LogP contribution < -0.4 is 4.72 Å². The minimum Gasteiger partial charge on any atom is -0.211 e. The predicted octanol–water partition coefficient (Wildman–Crippen LogP) is 0.959. The number of sulfonamides is 1. The number of rotatable bonds is 6. The van der Waals surface area contributed by atoms with Crippen molar-refractivity contribution in [3.63, 3.8) is 0 Å². The summed E-state index contributed by atoms with van der Waals surface area (Å²) in [6, 6.07) is 1.60. The second-order valence-electron chi connectivity index (χ2n) is 3.12. The van der Waals surface area contributed by atoms with Crippen LogP contribution in [0.3, 0.4) is 0 Å². The number of nitrogens with one attached hydrogen (secondary N) is 1. The van der Waals surface area contributed by atoms with Gasteiger partial charge < -0.3 is 0 Å². The van der Waals surface area contributed by atoms with Crippen LogP contribution in [-0.4, -0.2) is 31.7 Å². The van der Waals surface area contributed by atoms with Crippen LogP contribution in [0.2, 0.25) is 0 Å². The molecule has 0 saturated carbocycles. The number of hydrogen-bond donors (Lipinski definition) is 1. The van der Waals surface area contributed by atoms with Gasteiger partial charge in [-0.1, -0.05) is 0 Å². The molecule has 0 heterocycles. The summed E-state index contributed by atoms with van der Waals surface area (Å²) in [4.78, 5) is 0. The maximum absolute atomic E-state index is 11.4. The summed E-state index contributed by atoms with van der Waals surface area (Å²) in [6.07, 6.45) is 2.75. The smallest absolute Gasteiger partial charge is 0.211 e. The molecule has 0 bridgehead atoms. The van der Waals surface area contributed by atoms with Crippen LogP contribution in [0, 0.1) is 11.3 Å². The van der Waals surface area contributed by atoms with Gasteiger partial charge in [-0.25, -0.2) is 13.1 Å². The molecule has 0 saturated heterocycles. The van der Waals surface area contributed by atoms with E-state index < -0.39 is 15.3 Å². The molecule has 0 fully saturated rings. The molecular formula is C8H16N2O2S2. The standard InChI is InChI=1S/C8H16N2O2S2/c1-7(4-5-13-3)10-14(11,12)8(2)6-9/h7-8,10H,4-5H2,1-3H3. The molecule has 2 atom stereocenters. The van der Waals surface area contributed by atoms with Gasteiger partial charge in [-0.3, -0.25) is 0 Å². The molecule has 82 valence electrons. The van der Waals surface area contributed by atoms with Crippen molar-refractivity contribution in [3.8, 4) is 6.07 Å². The molecule has 14 heavy (non-hydrogen) atoms. The van der Waals surface area contributed by atoms with E-state index in [4.69, 9.17) is 5.26 Å². The van der Waals surface area contributed by atoms with Gasteiger partial charge in [0.05, 0.1) is 6.07 Å². The number of nitrogens with zero attached hydrogens (tertiary/aromatic N) is 1. The lowest BCUT2D eigenvalue weighted by Gasteiger charge is -2.14. The number of nitriles is 1. The second-order valence-corrected chi connectivity index (χ2v) is 6.14. The zero-order chi connectivity index (χ0) is 11.2. The first kappa shape index (κ1) is 13.8. The van der Waals surface area contributed by atoms with Crippen molar-refractivity contribution in [3.05, 3.63) is 0 Å². The summed E-state index contributed by atoms with van der Waals surface area (Å²) in [7, 11) is -3.46. The molecule has 2 unspecified atom stereocenters. The fourth-order valence-corrected chi connectivity index (χ4v) is 2.42. The highest BCUT2D eigenvalue weighted by atomic mass is 32.2. The molecule has 0 spiro atoms. The van der Waals surface area contributed by atoms with Crippen LogP contribution in [0.15, 0.2) is 0 Å². The van der Waals surface area contributed by atoms with Gasteiger partial charge in [0.2, 0.25) is 10.0 Å². The van der Waals surface area contributed by atoms with Gasteiger partial charge in [0.15, 0.2) is 5.25 Å². The van der Waals surface area contributed by atoms with Gasteiger partial charge in [0.25, 0.3) is 0 Å². The van der Waals surface area contributed by atoms with E-state index in [1.807, 2.05) is 6.26 Å². The van der Waals surface area contributed by atoms with E-state index in [2.05, 4.69) is 4.72 Å². The molecule has 6 heteroatoms. The third-order valence-electron chi connectivity index (χ3n) is 1.77. The zero-order valence-electron chi connectivity index (χ0n) is 8.65. The van der Waals surface area contributed by atoms with E-state index in [1.54, 1.807) is 24.8 Å². The lowest BCUT2D eigenvalue weighted by molar-refractivity contribution is 0.553. The van der Waals surface area contributed by atoms with Gasteiger partial charge in [-0.15, -0.1) is 0 Å². The zero-order valence-corrected chi connectivity index (χ0v) is 10.3. The summed E-state index contributed by atoms with van der Waals surface area (Å²) in [5.74, 6) is 0.907. The molecular weight excluding hydrogens is 220 g/mol. The Balaban J connectivity index is 4.17. The lowest BCUT2D eigenvalue weighted by Crippen LogP contribution is -2.38. The van der Waals surface area contributed by atoms with Crippen molar-refractivity contribution in [1.29, 1.82) is 5.26 Å². The van der Waals surface area contributed by atoms with Crippen molar-refractivity contribution >= 4 is 21.8 Å². The minimum absolute atomic E-state index is 0.108. The molecule has 1 N–H and O–H groups in total. The molecule has 0 rings (SSSR count). The van der Waals surface area contributed by atoms with Crippen molar-refractivity contribution < 1.29 is 8.42 Å². The fourth-order valence-electron chi connectivity index (χ4n) is 0.805. The molecule has 4 nitrogen and oxygen atoms in total. The van der Waals surface area contributed by atoms with Crippen molar-refractivity contribution in [2.24, 2.45) is 0 Å². The Bertz CT molecular complexity index is 295. The van der Waals surface area contributed by atoms with Crippen LogP contribution in [0.1, 0.15) is 20.3 Å². The Morgan fingerprint density at radius 1 is 1.50 bits per heavy atom. The molecule has 0 aromatic rings. The minimum atomic E-state index is -3.46. The highest BCUT2D eigenvalue weighted by Gasteiger charge is 2.21. The lowest BCUT2D eigenvalue weighted by atomic mass is 10.3. The fraction of sp³-hybridized carbons (Fsp3) is 0.875. The van der Waals surface area contributed by atoms with Gasteiger partial charge in [-0.2, -0.15) is 17.0 Å². The average molecular weight is 236 g/mol. The average Bonchev–Trinajstić information content (AvgIpc) is 2.12. The third-order valence-corrected chi connectivity index (χ3v) is 4.18. The Morgan fingerprint density at radius 3 is 2.50 bits per heavy atom. The monoisotopic (exact) mass is 236 g/mol. The highest BCUT2D eigenvalue weighted by Crippen LogP contribution is 2.04. The van der Waals surface area contributed by atoms with Crippen LogP contribution in [0.4, 0.5) is 0 Å². The summed E-state index contributed by atoms with van der Waals surface area (Å²) in [5, 5.41) is 7.50. The summed E-state index contributed by atoms with van der Waals surface area (Å²) < 4.78 is 25.3. The highest BCUT2D eigenvalue weighted by molar-refractivity contribution is 7.98. The molecule has 0 aromatic heterocycles. The molecule has 0 aliphatic carbocycles. The van der Waals surface area contributed by atoms with Gasteiger partial charge in [0.1, 0.15) is 0 Å². The van der Waals surface area contributed by atoms with E-state index in [1.165, 1.54) is 6.92 Å². The van der Waals surface area contributed by atoms with E-state index in [-0.39, 0.29) is 6.04 Å². The quantitative estimate of drug-likeness (QED) is 0.745. The Kier molecular flexibility index (Phi) is 6.16. The Morgan fingerprint density at radius 2 is 2.07 bits per heavy atom. The molecule has 0 aliphatic heterocycles. The summed E-state index contributed by atoms with van der Waals surface area (Å²) >= 11 is 1.67. The predicted molar refractivity (Wildman–Crippen MR) is 59.6 cm³/mol. The van der Waals surface area contributed by atoms with E-state index in [0.29, 0.717) is 0 Å². The molecule has 0 aliphatic rings. The van der Waals surface area contributed by atoms with Crippen LogP contribution in [0.25, 0.3) is 0 Å². The van der Waals surface area contributed by atoms with Crippen molar-refractivity contribution in [1.82, 2.24) is 4.72 Å². The Labute approximate surface area is 90.1 Å². The molecule has 0 radical (unpaired) electrons. The first-order valence-electron chi connectivity index (χ1n) is 4.33. The Hall–Kier alpha value is -0.250.